The van der Waals surface area contributed by atoms with Gasteiger partial charge in [-0.1, -0.05) is 64.6 Å². The van der Waals surface area contributed by atoms with E-state index in [-0.39, 0.29) is 5.78 Å². The lowest BCUT2D eigenvalue weighted by atomic mass is 9.90. The average molecular weight is 331 g/mol. The van der Waals surface area contributed by atoms with E-state index in [1.807, 2.05) is 13.0 Å². The van der Waals surface area contributed by atoms with Crippen LogP contribution in [0.4, 0.5) is 0 Å². The Morgan fingerprint density at radius 1 is 1.22 bits per heavy atom. The molecule has 1 aromatic carbocycles. The van der Waals surface area contributed by atoms with Gasteiger partial charge in [0.05, 0.1) is 5.75 Å². The van der Waals surface area contributed by atoms with Crippen LogP contribution in [-0.4, -0.2) is 26.7 Å². The maximum Gasteiger partial charge on any atom is 0.208 e. The number of H-pyrrole nitrogens is 1. The van der Waals surface area contributed by atoms with Crippen molar-refractivity contribution in [2.45, 2.75) is 58.0 Å². The van der Waals surface area contributed by atoms with Crippen LogP contribution in [0, 0.1) is 0 Å². The number of nitrogens with one attached hydrogen (secondary N) is 1. The van der Waals surface area contributed by atoms with Gasteiger partial charge in [-0.15, -0.1) is 5.10 Å². The maximum atomic E-state index is 12.6. The van der Waals surface area contributed by atoms with Crippen LogP contribution in [0.1, 0.15) is 73.8 Å². The number of aromatic amines is 1. The lowest BCUT2D eigenvalue weighted by Gasteiger charge is -2.15. The van der Waals surface area contributed by atoms with Crippen molar-refractivity contribution >= 4 is 17.5 Å². The molecular weight excluding hydrogens is 306 g/mol. The second-order valence-corrected chi connectivity index (χ2v) is 7.23. The Balaban J connectivity index is 2.14. The number of hydrogen-bond acceptors (Lipinski definition) is 4. The minimum absolute atomic E-state index is 0.136. The molecule has 0 aliphatic heterocycles. The number of thioether (sulfide) groups is 1. The second-order valence-electron chi connectivity index (χ2n) is 6.29. The zero-order valence-corrected chi connectivity index (χ0v) is 15.3. The largest absolute Gasteiger partial charge is 0.293 e. The molecule has 0 bridgehead atoms. The Labute approximate surface area is 142 Å². The molecule has 1 heterocycles. The molecule has 124 valence electrons. The number of hydrogen-bond donors (Lipinski definition) is 1. The van der Waals surface area contributed by atoms with E-state index in [4.69, 9.17) is 0 Å². The molecule has 2 rings (SSSR count). The average Bonchev–Trinajstić information content (AvgIpc) is 2.99. The number of carbonyl (C=O) groups excluding carboxylic acids is 1. The summed E-state index contributed by atoms with van der Waals surface area (Å²) in [5.74, 6) is 2.14. The first-order chi connectivity index (χ1) is 10.9. The van der Waals surface area contributed by atoms with Crippen LogP contribution in [-0.2, 0) is 6.42 Å². The van der Waals surface area contributed by atoms with Crippen LogP contribution in [0.15, 0.2) is 23.4 Å². The van der Waals surface area contributed by atoms with Gasteiger partial charge in [0.2, 0.25) is 5.16 Å². The molecule has 5 heteroatoms. The highest BCUT2D eigenvalue weighted by molar-refractivity contribution is 7.99. The lowest BCUT2D eigenvalue weighted by Crippen LogP contribution is -2.09. The zero-order valence-electron chi connectivity index (χ0n) is 14.5. The number of aromatic nitrogens is 3. The van der Waals surface area contributed by atoms with Crippen LogP contribution in [0.2, 0.25) is 0 Å². The number of Topliss-reactive ketones (excluding diaryl/α,β-unsaturated/α-hetero) is 1. The SMILES string of the molecule is CCc1nc(SCC(=O)c2ccc(C(C)C)cc2C(C)C)n[nH]1. The van der Waals surface area contributed by atoms with E-state index in [9.17, 15) is 4.79 Å². The number of ketones is 1. The Morgan fingerprint density at radius 2 is 1.96 bits per heavy atom. The molecule has 0 amide bonds. The number of carbonyl (C=O) groups is 1. The molecule has 0 atom stereocenters. The predicted octanol–water partition coefficient (Wildman–Crippen LogP) is 4.59. The van der Waals surface area contributed by atoms with Crippen LogP contribution >= 0.6 is 11.8 Å². The standard InChI is InChI=1S/C18H25N3OS/c1-6-17-19-18(21-20-17)23-10-16(22)14-8-7-13(11(2)3)9-15(14)12(4)5/h7-9,11-12H,6,10H2,1-5H3,(H,19,20,21). The summed E-state index contributed by atoms with van der Waals surface area (Å²) >= 11 is 1.39. The Morgan fingerprint density at radius 3 is 2.52 bits per heavy atom. The van der Waals surface area contributed by atoms with Gasteiger partial charge in [-0.05, 0) is 23.0 Å². The van der Waals surface area contributed by atoms with Crippen LogP contribution in [0.3, 0.4) is 0 Å². The minimum atomic E-state index is 0.136. The second kappa shape index (κ2) is 7.77. The van der Waals surface area contributed by atoms with Crippen molar-refractivity contribution in [1.29, 1.82) is 0 Å². The fourth-order valence-corrected chi connectivity index (χ4v) is 3.08. The summed E-state index contributed by atoms with van der Waals surface area (Å²) in [6.45, 7) is 10.6. The number of nitrogens with zero attached hydrogens (tertiary/aromatic N) is 2. The zero-order chi connectivity index (χ0) is 17.0. The predicted molar refractivity (Wildman–Crippen MR) is 95.4 cm³/mol. The van der Waals surface area contributed by atoms with E-state index < -0.39 is 0 Å². The minimum Gasteiger partial charge on any atom is -0.293 e. The number of benzene rings is 1. The van der Waals surface area contributed by atoms with E-state index in [0.29, 0.717) is 22.7 Å². The van der Waals surface area contributed by atoms with Crippen molar-refractivity contribution in [3.63, 3.8) is 0 Å². The molecule has 0 fully saturated rings. The van der Waals surface area contributed by atoms with E-state index in [1.54, 1.807) is 0 Å². The molecule has 0 unspecified atom stereocenters. The van der Waals surface area contributed by atoms with Gasteiger partial charge in [0.1, 0.15) is 5.82 Å². The normalized spacial score (nSPS) is 11.4. The van der Waals surface area contributed by atoms with Gasteiger partial charge in [0.15, 0.2) is 5.78 Å². The van der Waals surface area contributed by atoms with Crippen molar-refractivity contribution in [2.75, 3.05) is 5.75 Å². The fraction of sp³-hybridized carbons (Fsp3) is 0.500. The van der Waals surface area contributed by atoms with Gasteiger partial charge >= 0.3 is 0 Å². The van der Waals surface area contributed by atoms with E-state index in [1.165, 1.54) is 17.3 Å². The fourth-order valence-electron chi connectivity index (χ4n) is 2.38. The summed E-state index contributed by atoms with van der Waals surface area (Å²) in [6, 6.07) is 6.22. The molecule has 1 N–H and O–H groups in total. The first kappa shape index (κ1) is 17.7. The summed E-state index contributed by atoms with van der Waals surface area (Å²) < 4.78 is 0. The molecule has 0 aliphatic rings. The highest BCUT2D eigenvalue weighted by atomic mass is 32.2. The quantitative estimate of drug-likeness (QED) is 0.595. The molecular formula is C18H25N3OS. The first-order valence-corrected chi connectivity index (χ1v) is 9.12. The summed E-state index contributed by atoms with van der Waals surface area (Å²) in [5.41, 5.74) is 3.23. The topological polar surface area (TPSA) is 58.6 Å². The van der Waals surface area contributed by atoms with Gasteiger partial charge in [-0.3, -0.25) is 9.89 Å². The van der Waals surface area contributed by atoms with E-state index in [0.717, 1.165) is 23.4 Å². The lowest BCUT2D eigenvalue weighted by molar-refractivity contribution is 0.102. The molecule has 0 spiro atoms. The number of aryl methyl sites for hydroxylation is 1. The van der Waals surface area contributed by atoms with Crippen molar-refractivity contribution in [3.8, 4) is 0 Å². The molecule has 2 aromatic rings. The van der Waals surface area contributed by atoms with E-state index in [2.05, 4.69) is 55.0 Å². The summed E-state index contributed by atoms with van der Waals surface area (Å²) in [5, 5.41) is 7.64. The van der Waals surface area contributed by atoms with Crippen LogP contribution < -0.4 is 0 Å². The molecule has 1 aromatic heterocycles. The number of rotatable bonds is 7. The maximum absolute atomic E-state index is 12.6. The van der Waals surface area contributed by atoms with Gasteiger partial charge in [0.25, 0.3) is 0 Å². The monoisotopic (exact) mass is 331 g/mol. The highest BCUT2D eigenvalue weighted by Crippen LogP contribution is 2.26. The third-order valence-electron chi connectivity index (χ3n) is 3.84. The third-order valence-corrected chi connectivity index (χ3v) is 4.69. The molecule has 23 heavy (non-hydrogen) atoms. The van der Waals surface area contributed by atoms with Crippen LogP contribution in [0.5, 0.6) is 0 Å². The van der Waals surface area contributed by atoms with Crippen molar-refractivity contribution in [1.82, 2.24) is 15.2 Å². The molecule has 4 nitrogen and oxygen atoms in total. The molecule has 0 aliphatic carbocycles. The van der Waals surface area contributed by atoms with Gasteiger partial charge in [0, 0.05) is 12.0 Å². The Hall–Kier alpha value is -1.62. The Kier molecular flexibility index (Phi) is 5.99. The summed E-state index contributed by atoms with van der Waals surface area (Å²) in [4.78, 5) is 16.9. The molecule has 0 saturated carbocycles. The van der Waals surface area contributed by atoms with Gasteiger partial charge in [-0.25, -0.2) is 4.98 Å². The third kappa shape index (κ3) is 4.44. The van der Waals surface area contributed by atoms with Crippen LogP contribution in [0.25, 0.3) is 0 Å². The smallest absolute Gasteiger partial charge is 0.208 e. The van der Waals surface area contributed by atoms with Gasteiger partial charge in [-0.2, -0.15) is 0 Å². The van der Waals surface area contributed by atoms with Crippen molar-refractivity contribution in [2.24, 2.45) is 0 Å². The highest BCUT2D eigenvalue weighted by Gasteiger charge is 2.16. The molecule has 0 saturated heterocycles. The van der Waals surface area contributed by atoms with Gasteiger partial charge < -0.3 is 0 Å². The van der Waals surface area contributed by atoms with E-state index >= 15 is 0 Å². The Bertz CT molecular complexity index is 677. The molecule has 0 radical (unpaired) electrons. The summed E-state index contributed by atoms with van der Waals surface area (Å²) in [7, 11) is 0. The first-order valence-electron chi connectivity index (χ1n) is 8.13. The van der Waals surface area contributed by atoms with Crippen molar-refractivity contribution < 1.29 is 4.79 Å². The van der Waals surface area contributed by atoms with Crippen molar-refractivity contribution in [3.05, 3.63) is 40.7 Å². The summed E-state index contributed by atoms with van der Waals surface area (Å²) in [6.07, 6.45) is 0.815.